The molecule has 1 aliphatic heterocycles. The zero-order valence-corrected chi connectivity index (χ0v) is 8.95. The van der Waals surface area contributed by atoms with E-state index >= 15 is 0 Å². The lowest BCUT2D eigenvalue weighted by Crippen LogP contribution is -2.44. The summed E-state index contributed by atoms with van der Waals surface area (Å²) < 4.78 is 5.62. The molecule has 3 nitrogen and oxygen atoms in total. The summed E-state index contributed by atoms with van der Waals surface area (Å²) in [6, 6.07) is 0.335. The molecule has 0 aromatic carbocycles. The minimum absolute atomic E-state index is 0.260. The van der Waals surface area contributed by atoms with Crippen molar-refractivity contribution in [1.82, 2.24) is 5.32 Å². The van der Waals surface area contributed by atoms with E-state index < -0.39 is 0 Å². The molecule has 1 saturated carbocycles. The Balaban J connectivity index is 1.81. The number of hydrogen-bond donors (Lipinski definition) is 1. The molecule has 2 atom stereocenters. The summed E-state index contributed by atoms with van der Waals surface area (Å²) in [6.45, 7) is 4.15. The Kier molecular flexibility index (Phi) is 2.77. The monoisotopic (exact) mass is 197 g/mol. The van der Waals surface area contributed by atoms with Crippen molar-refractivity contribution < 1.29 is 9.53 Å². The van der Waals surface area contributed by atoms with Crippen molar-refractivity contribution in [2.45, 2.75) is 57.8 Å². The Bertz CT molecular complexity index is 215. The molecule has 14 heavy (non-hydrogen) atoms. The van der Waals surface area contributed by atoms with Gasteiger partial charge >= 0.3 is 0 Å². The molecule has 0 radical (unpaired) electrons. The zero-order valence-electron chi connectivity index (χ0n) is 8.95. The minimum Gasteiger partial charge on any atom is -0.375 e. The van der Waals surface area contributed by atoms with Crippen LogP contribution in [0.1, 0.15) is 39.5 Å². The van der Waals surface area contributed by atoms with Gasteiger partial charge in [0.2, 0.25) is 5.91 Å². The van der Waals surface area contributed by atoms with Gasteiger partial charge in [-0.2, -0.15) is 0 Å². The molecule has 2 aliphatic rings. The summed E-state index contributed by atoms with van der Waals surface area (Å²) in [6.07, 6.45) is 4.65. The second-order valence-electron chi connectivity index (χ2n) is 4.71. The maximum absolute atomic E-state index is 11.5. The number of amides is 1. The van der Waals surface area contributed by atoms with E-state index in [9.17, 15) is 4.79 Å². The van der Waals surface area contributed by atoms with Gasteiger partial charge in [-0.1, -0.05) is 0 Å². The van der Waals surface area contributed by atoms with Gasteiger partial charge in [0.1, 0.15) is 0 Å². The molecule has 80 valence electrons. The Hall–Kier alpha value is -0.570. The molecule has 1 heterocycles. The third-order valence-electron chi connectivity index (χ3n) is 2.99. The van der Waals surface area contributed by atoms with E-state index in [0.717, 1.165) is 25.7 Å². The summed E-state index contributed by atoms with van der Waals surface area (Å²) in [5.74, 6) is 0.583. The van der Waals surface area contributed by atoms with Crippen LogP contribution in [0.4, 0.5) is 0 Å². The van der Waals surface area contributed by atoms with Crippen LogP contribution in [0.15, 0.2) is 0 Å². The first-order chi connectivity index (χ1) is 6.65. The fourth-order valence-corrected chi connectivity index (χ4v) is 2.19. The highest BCUT2D eigenvalue weighted by Gasteiger charge is 2.33. The number of carbonyl (C=O) groups is 1. The van der Waals surface area contributed by atoms with E-state index in [4.69, 9.17) is 4.74 Å². The molecule has 0 aromatic rings. The van der Waals surface area contributed by atoms with Crippen molar-refractivity contribution >= 4 is 5.91 Å². The quantitative estimate of drug-likeness (QED) is 0.728. The largest absolute Gasteiger partial charge is 0.375 e. The third-order valence-corrected chi connectivity index (χ3v) is 2.99. The molecule has 0 aromatic heterocycles. The van der Waals surface area contributed by atoms with Gasteiger partial charge in [0.05, 0.1) is 12.2 Å². The predicted molar refractivity (Wildman–Crippen MR) is 53.9 cm³/mol. The molecule has 0 spiro atoms. The first-order valence-corrected chi connectivity index (χ1v) is 5.61. The molecule has 1 amide bonds. The lowest BCUT2D eigenvalue weighted by Gasteiger charge is -2.32. The van der Waals surface area contributed by atoms with Crippen molar-refractivity contribution in [3.8, 4) is 0 Å². The molecule has 0 bridgehead atoms. The van der Waals surface area contributed by atoms with Gasteiger partial charge in [0, 0.05) is 12.0 Å². The lowest BCUT2D eigenvalue weighted by atomic mass is 10.00. The molecule has 1 aliphatic carbocycles. The van der Waals surface area contributed by atoms with Crippen LogP contribution < -0.4 is 5.32 Å². The van der Waals surface area contributed by atoms with Crippen LogP contribution >= 0.6 is 0 Å². The lowest BCUT2D eigenvalue weighted by molar-refractivity contribution is -0.124. The van der Waals surface area contributed by atoms with Gasteiger partial charge in [0.25, 0.3) is 0 Å². The molecular formula is C11H19NO2. The van der Waals surface area contributed by atoms with Crippen molar-refractivity contribution in [3.63, 3.8) is 0 Å². The SMILES string of the molecule is CC1CC(NC(=O)C2CC2)CC(C)O1. The number of hydrogen-bond acceptors (Lipinski definition) is 2. The maximum Gasteiger partial charge on any atom is 0.223 e. The molecule has 2 rings (SSSR count). The first-order valence-electron chi connectivity index (χ1n) is 5.61. The predicted octanol–water partition coefficient (Wildman–Crippen LogP) is 1.47. The summed E-state index contributed by atoms with van der Waals surface area (Å²) in [5.41, 5.74) is 0. The van der Waals surface area contributed by atoms with Crippen LogP contribution in [0, 0.1) is 5.92 Å². The molecule has 2 unspecified atom stereocenters. The smallest absolute Gasteiger partial charge is 0.223 e. The van der Waals surface area contributed by atoms with E-state index in [0.29, 0.717) is 12.0 Å². The number of ether oxygens (including phenoxy) is 1. The van der Waals surface area contributed by atoms with Crippen molar-refractivity contribution in [1.29, 1.82) is 0 Å². The van der Waals surface area contributed by atoms with Crippen molar-refractivity contribution in [2.75, 3.05) is 0 Å². The zero-order chi connectivity index (χ0) is 10.1. The number of carbonyl (C=O) groups excluding carboxylic acids is 1. The van der Waals surface area contributed by atoms with Crippen molar-refractivity contribution in [3.05, 3.63) is 0 Å². The van der Waals surface area contributed by atoms with Crippen LogP contribution in [0.5, 0.6) is 0 Å². The highest BCUT2D eigenvalue weighted by molar-refractivity contribution is 5.81. The maximum atomic E-state index is 11.5. The summed E-state index contributed by atoms with van der Waals surface area (Å²) in [5, 5.41) is 3.12. The topological polar surface area (TPSA) is 38.3 Å². The fraction of sp³-hybridized carbons (Fsp3) is 0.909. The van der Waals surface area contributed by atoms with Gasteiger partial charge in [-0.05, 0) is 39.5 Å². The number of nitrogens with one attached hydrogen (secondary N) is 1. The van der Waals surface area contributed by atoms with Crippen LogP contribution in [-0.2, 0) is 9.53 Å². The Morgan fingerprint density at radius 2 is 1.79 bits per heavy atom. The van der Waals surface area contributed by atoms with Crippen molar-refractivity contribution in [2.24, 2.45) is 5.92 Å². The Morgan fingerprint density at radius 3 is 2.29 bits per heavy atom. The average molecular weight is 197 g/mol. The Labute approximate surface area is 85.2 Å². The highest BCUT2D eigenvalue weighted by Crippen LogP contribution is 2.29. The number of rotatable bonds is 2. The van der Waals surface area contributed by atoms with E-state index in [2.05, 4.69) is 19.2 Å². The summed E-state index contributed by atoms with van der Waals surface area (Å²) in [7, 11) is 0. The molecule has 1 N–H and O–H groups in total. The van der Waals surface area contributed by atoms with E-state index in [-0.39, 0.29) is 18.1 Å². The van der Waals surface area contributed by atoms with Crippen LogP contribution in [0.3, 0.4) is 0 Å². The van der Waals surface area contributed by atoms with Gasteiger partial charge in [-0.15, -0.1) is 0 Å². The average Bonchev–Trinajstić information content (AvgIpc) is 2.82. The summed E-state index contributed by atoms with van der Waals surface area (Å²) >= 11 is 0. The summed E-state index contributed by atoms with van der Waals surface area (Å²) in [4.78, 5) is 11.5. The standard InChI is InChI=1S/C11H19NO2/c1-7-5-10(6-8(2)14-7)12-11(13)9-3-4-9/h7-10H,3-6H2,1-2H3,(H,12,13). The van der Waals surface area contributed by atoms with E-state index in [1.807, 2.05) is 0 Å². The first kappa shape index (κ1) is 9.97. The second-order valence-corrected chi connectivity index (χ2v) is 4.71. The van der Waals surface area contributed by atoms with Gasteiger partial charge in [-0.25, -0.2) is 0 Å². The Morgan fingerprint density at radius 1 is 1.21 bits per heavy atom. The second kappa shape index (κ2) is 3.89. The van der Waals surface area contributed by atoms with E-state index in [1.165, 1.54) is 0 Å². The van der Waals surface area contributed by atoms with Gasteiger partial charge in [0.15, 0.2) is 0 Å². The molecule has 3 heteroatoms. The molecule has 2 fully saturated rings. The minimum atomic E-state index is 0.260. The van der Waals surface area contributed by atoms with E-state index in [1.54, 1.807) is 0 Å². The van der Waals surface area contributed by atoms with Crippen LogP contribution in [0.25, 0.3) is 0 Å². The normalized spacial score (nSPS) is 38.0. The van der Waals surface area contributed by atoms with Gasteiger partial charge in [-0.3, -0.25) is 4.79 Å². The fourth-order valence-electron chi connectivity index (χ4n) is 2.19. The van der Waals surface area contributed by atoms with Crippen LogP contribution in [0.2, 0.25) is 0 Å². The highest BCUT2D eigenvalue weighted by atomic mass is 16.5. The molecular weight excluding hydrogens is 178 g/mol. The van der Waals surface area contributed by atoms with Gasteiger partial charge < -0.3 is 10.1 Å². The third kappa shape index (κ3) is 2.47. The van der Waals surface area contributed by atoms with Crippen LogP contribution in [-0.4, -0.2) is 24.2 Å². The molecule has 1 saturated heterocycles.